The first kappa shape index (κ1) is 11.3. The summed E-state index contributed by atoms with van der Waals surface area (Å²) >= 11 is 0. The fraction of sp³-hybridized carbons (Fsp3) is 0.0714. The van der Waals surface area contributed by atoms with Gasteiger partial charge in [0.2, 0.25) is 0 Å². The molecule has 0 aromatic heterocycles. The lowest BCUT2D eigenvalue weighted by Gasteiger charge is -2.11. The molecule has 0 aliphatic rings. The fourth-order valence-corrected chi connectivity index (χ4v) is 1.71. The van der Waals surface area contributed by atoms with E-state index in [0.29, 0.717) is 11.1 Å². The zero-order chi connectivity index (χ0) is 12.4. The van der Waals surface area contributed by atoms with Crippen LogP contribution in [0.4, 0.5) is 4.39 Å². The minimum absolute atomic E-state index is 0.338. The number of benzene rings is 2. The Kier molecular flexibility index (Phi) is 2.91. The quantitative estimate of drug-likeness (QED) is 0.791. The molecule has 0 saturated heterocycles. The molecule has 2 rings (SSSR count). The van der Waals surface area contributed by atoms with Gasteiger partial charge in [-0.05, 0) is 24.1 Å². The number of carbonyl (C=O) groups is 1. The van der Waals surface area contributed by atoms with E-state index in [1.165, 1.54) is 6.07 Å². The highest BCUT2D eigenvalue weighted by atomic mass is 19.1. The van der Waals surface area contributed by atoms with Crippen molar-refractivity contribution in [2.75, 3.05) is 0 Å². The molecule has 0 heterocycles. The molecule has 0 unspecified atom stereocenters. The van der Waals surface area contributed by atoms with Gasteiger partial charge in [-0.3, -0.25) is 0 Å². The number of carbonyl (C=O) groups excluding carboxylic acids is 1. The Morgan fingerprint density at radius 1 is 1.12 bits per heavy atom. The molecule has 0 atom stereocenters. The lowest BCUT2D eigenvalue weighted by Crippen LogP contribution is -2.24. The number of rotatable bonds is 2. The highest BCUT2D eigenvalue weighted by Gasteiger charge is 2.10. The zero-order valence-corrected chi connectivity index (χ0v) is 9.24. The van der Waals surface area contributed by atoms with Gasteiger partial charge in [0.15, 0.2) is 0 Å². The third kappa shape index (κ3) is 2.18. The second-order valence-electron chi connectivity index (χ2n) is 3.82. The lowest BCUT2D eigenvalue weighted by atomic mass is 9.98. The molecule has 0 N–H and O–H groups in total. The first-order valence-corrected chi connectivity index (χ1v) is 5.16. The van der Waals surface area contributed by atoms with Crippen LogP contribution in [0.5, 0.6) is 0 Å². The van der Waals surface area contributed by atoms with Gasteiger partial charge >= 0.3 is 0 Å². The van der Waals surface area contributed by atoms with Crippen LogP contribution in [0.2, 0.25) is 0 Å². The van der Waals surface area contributed by atoms with Crippen LogP contribution in [0.25, 0.3) is 11.1 Å². The molecule has 0 bridgehead atoms. The number of carboxylic acid groups (broad SMARTS) is 1. The van der Waals surface area contributed by atoms with Crippen LogP contribution >= 0.6 is 0 Å². The van der Waals surface area contributed by atoms with Gasteiger partial charge in [-0.25, -0.2) is 4.39 Å². The number of carboxylic acids is 1. The third-order valence-electron chi connectivity index (χ3n) is 2.58. The average Bonchev–Trinajstić information content (AvgIpc) is 2.29. The summed E-state index contributed by atoms with van der Waals surface area (Å²) in [4.78, 5) is 10.9. The second-order valence-corrected chi connectivity index (χ2v) is 3.82. The molecule has 0 aliphatic heterocycles. The molecule has 0 fully saturated rings. The molecule has 0 amide bonds. The van der Waals surface area contributed by atoms with Crippen LogP contribution < -0.4 is 5.11 Å². The topological polar surface area (TPSA) is 40.1 Å². The highest BCUT2D eigenvalue weighted by Crippen LogP contribution is 2.25. The fourth-order valence-electron chi connectivity index (χ4n) is 1.71. The Bertz CT molecular complexity index is 559. The van der Waals surface area contributed by atoms with Crippen LogP contribution in [0.3, 0.4) is 0 Å². The maximum atomic E-state index is 13.4. The Balaban J connectivity index is 2.63. The summed E-state index contributed by atoms with van der Waals surface area (Å²) in [5.74, 6) is -2.28. The molecule has 0 aliphatic carbocycles. The molecule has 17 heavy (non-hydrogen) atoms. The van der Waals surface area contributed by atoms with E-state index in [-0.39, 0.29) is 0 Å². The standard InChI is InChI=1S/C14H11FO2/c1-9-5-7-10(8-6-9)11-3-2-4-12(15)13(11)14(16)17/h2-8H,1H3,(H,16,17)/p-1. The summed E-state index contributed by atoms with van der Waals surface area (Å²) in [6, 6.07) is 11.4. The summed E-state index contributed by atoms with van der Waals surface area (Å²) in [6.07, 6.45) is 0. The molecule has 0 spiro atoms. The van der Waals surface area contributed by atoms with E-state index in [1.54, 1.807) is 18.2 Å². The normalized spacial score (nSPS) is 10.2. The summed E-state index contributed by atoms with van der Waals surface area (Å²) in [5, 5.41) is 10.9. The van der Waals surface area contributed by atoms with Crippen molar-refractivity contribution >= 4 is 5.97 Å². The van der Waals surface area contributed by atoms with E-state index < -0.39 is 17.3 Å². The molecule has 0 saturated carbocycles. The van der Waals surface area contributed by atoms with Gasteiger partial charge in [0.25, 0.3) is 0 Å². The minimum Gasteiger partial charge on any atom is -0.545 e. The van der Waals surface area contributed by atoms with Crippen LogP contribution in [-0.2, 0) is 0 Å². The highest BCUT2D eigenvalue weighted by molar-refractivity contribution is 5.95. The van der Waals surface area contributed by atoms with Crippen molar-refractivity contribution in [2.45, 2.75) is 6.92 Å². The first-order chi connectivity index (χ1) is 8.09. The van der Waals surface area contributed by atoms with Gasteiger partial charge in [-0.1, -0.05) is 42.0 Å². The zero-order valence-electron chi connectivity index (χ0n) is 9.24. The molecular formula is C14H10FO2-. The van der Waals surface area contributed by atoms with Crippen LogP contribution in [0, 0.1) is 12.7 Å². The largest absolute Gasteiger partial charge is 0.545 e. The van der Waals surface area contributed by atoms with Crippen LogP contribution in [-0.4, -0.2) is 5.97 Å². The summed E-state index contributed by atoms with van der Waals surface area (Å²) in [5.41, 5.74) is 1.66. The monoisotopic (exact) mass is 229 g/mol. The molecule has 86 valence electrons. The predicted octanol–water partition coefficient (Wildman–Crippen LogP) is 2.16. The lowest BCUT2D eigenvalue weighted by molar-refractivity contribution is -0.255. The van der Waals surface area contributed by atoms with Crippen LogP contribution in [0.1, 0.15) is 15.9 Å². The summed E-state index contributed by atoms with van der Waals surface area (Å²) in [6.45, 7) is 1.93. The number of hydrogen-bond donors (Lipinski definition) is 0. The van der Waals surface area contributed by atoms with Gasteiger partial charge in [-0.2, -0.15) is 0 Å². The average molecular weight is 229 g/mol. The van der Waals surface area contributed by atoms with Gasteiger partial charge in [-0.15, -0.1) is 0 Å². The molecule has 2 aromatic carbocycles. The Hall–Kier alpha value is -2.16. The van der Waals surface area contributed by atoms with Crippen molar-refractivity contribution in [3.63, 3.8) is 0 Å². The SMILES string of the molecule is Cc1ccc(-c2cccc(F)c2C(=O)[O-])cc1. The number of aryl methyl sites for hydroxylation is 1. The maximum Gasteiger partial charge on any atom is 0.132 e. The van der Waals surface area contributed by atoms with Crippen molar-refractivity contribution in [1.82, 2.24) is 0 Å². The maximum absolute atomic E-state index is 13.4. The van der Waals surface area contributed by atoms with Crippen LogP contribution in [0.15, 0.2) is 42.5 Å². The van der Waals surface area contributed by atoms with Crippen molar-refractivity contribution in [3.05, 3.63) is 59.4 Å². The Labute approximate surface area is 98.3 Å². The van der Waals surface area contributed by atoms with Gasteiger partial charge in [0.05, 0.1) is 5.97 Å². The molecule has 2 aromatic rings. The second kappa shape index (κ2) is 4.37. The van der Waals surface area contributed by atoms with Crippen molar-refractivity contribution < 1.29 is 14.3 Å². The number of hydrogen-bond acceptors (Lipinski definition) is 2. The predicted molar refractivity (Wildman–Crippen MR) is 60.9 cm³/mol. The van der Waals surface area contributed by atoms with Gasteiger partial charge in [0, 0.05) is 5.56 Å². The summed E-state index contributed by atoms with van der Waals surface area (Å²) in [7, 11) is 0. The van der Waals surface area contributed by atoms with Crippen molar-refractivity contribution in [1.29, 1.82) is 0 Å². The Morgan fingerprint density at radius 2 is 1.76 bits per heavy atom. The van der Waals surface area contributed by atoms with Crippen molar-refractivity contribution in [2.24, 2.45) is 0 Å². The van der Waals surface area contributed by atoms with Gasteiger partial charge in [0.1, 0.15) is 5.82 Å². The molecular weight excluding hydrogens is 219 g/mol. The smallest absolute Gasteiger partial charge is 0.132 e. The van der Waals surface area contributed by atoms with E-state index in [4.69, 9.17) is 0 Å². The first-order valence-electron chi connectivity index (χ1n) is 5.16. The number of aromatic carboxylic acids is 1. The third-order valence-corrected chi connectivity index (χ3v) is 2.58. The molecule has 2 nitrogen and oxygen atoms in total. The van der Waals surface area contributed by atoms with E-state index in [2.05, 4.69) is 0 Å². The van der Waals surface area contributed by atoms with E-state index in [9.17, 15) is 14.3 Å². The van der Waals surface area contributed by atoms with Gasteiger partial charge < -0.3 is 9.90 Å². The molecule has 0 radical (unpaired) electrons. The van der Waals surface area contributed by atoms with E-state index >= 15 is 0 Å². The van der Waals surface area contributed by atoms with E-state index in [1.807, 2.05) is 19.1 Å². The summed E-state index contributed by atoms with van der Waals surface area (Å²) < 4.78 is 13.4. The minimum atomic E-state index is -1.50. The van der Waals surface area contributed by atoms with Crippen molar-refractivity contribution in [3.8, 4) is 11.1 Å². The van der Waals surface area contributed by atoms with E-state index in [0.717, 1.165) is 11.6 Å². The Morgan fingerprint density at radius 3 is 2.35 bits per heavy atom. The molecule has 3 heteroatoms. The number of halogens is 1.